The first-order chi connectivity index (χ1) is 15.7. The fraction of sp³-hybridized carbons (Fsp3) is 0.478. The van der Waals surface area contributed by atoms with Gasteiger partial charge in [0.1, 0.15) is 23.6 Å². The van der Waals surface area contributed by atoms with Gasteiger partial charge in [-0.05, 0) is 57.0 Å². The molecule has 8 nitrogen and oxygen atoms in total. The van der Waals surface area contributed by atoms with Crippen LogP contribution in [0.15, 0.2) is 41.3 Å². The Morgan fingerprint density at radius 1 is 1.09 bits per heavy atom. The number of rotatable bonds is 4. The maximum Gasteiger partial charge on any atom is 0.243 e. The van der Waals surface area contributed by atoms with E-state index in [1.807, 2.05) is 0 Å². The van der Waals surface area contributed by atoms with Crippen LogP contribution in [-0.4, -0.2) is 42.6 Å². The molecule has 33 heavy (non-hydrogen) atoms. The summed E-state index contributed by atoms with van der Waals surface area (Å²) in [7, 11) is -3.66. The number of piperidine rings is 1. The predicted molar refractivity (Wildman–Crippen MR) is 122 cm³/mol. The fourth-order valence-electron chi connectivity index (χ4n) is 4.52. The minimum atomic E-state index is -3.66. The molecule has 2 aromatic carbocycles. The summed E-state index contributed by atoms with van der Waals surface area (Å²) in [6.07, 6.45) is 0.135. The quantitative estimate of drug-likeness (QED) is 0.668. The van der Waals surface area contributed by atoms with Gasteiger partial charge in [-0.1, -0.05) is 18.0 Å². The molecule has 178 valence electrons. The van der Waals surface area contributed by atoms with Crippen LogP contribution in [0.2, 0.25) is 5.02 Å². The molecule has 1 fully saturated rings. The minimum Gasteiger partial charge on any atom is -0.485 e. The van der Waals surface area contributed by atoms with Crippen molar-refractivity contribution in [2.24, 2.45) is 0 Å². The molecule has 5 rings (SSSR count). The summed E-state index contributed by atoms with van der Waals surface area (Å²) in [5.41, 5.74) is 3.07. The molecule has 2 aromatic rings. The lowest BCUT2D eigenvalue weighted by atomic mass is 9.88. The summed E-state index contributed by atoms with van der Waals surface area (Å²) in [5, 5.41) is 11.7. The van der Waals surface area contributed by atoms with Crippen LogP contribution in [0.3, 0.4) is 0 Å². The Bertz CT molecular complexity index is 1170. The van der Waals surface area contributed by atoms with Crippen LogP contribution >= 0.6 is 11.6 Å². The van der Waals surface area contributed by atoms with Crippen molar-refractivity contribution in [2.45, 2.75) is 62.0 Å². The molecule has 3 aliphatic heterocycles. The Morgan fingerprint density at radius 3 is 2.61 bits per heavy atom. The number of ether oxygens (including phenoxy) is 2. The Morgan fingerprint density at radius 2 is 1.85 bits per heavy atom. The molecule has 3 atom stereocenters. The SMILES string of the molecule is CC1(C)Oc2ccc(S(=O)(=O)N3CCCCC3)cc2[C@@H](OC2NOc3cc(Cl)ccc32)[C@@H]1O. The van der Waals surface area contributed by atoms with E-state index in [1.165, 1.54) is 4.31 Å². The second-order valence-corrected chi connectivity index (χ2v) is 11.5. The van der Waals surface area contributed by atoms with Crippen LogP contribution in [0.5, 0.6) is 11.5 Å². The lowest BCUT2D eigenvalue weighted by molar-refractivity contribution is -0.169. The van der Waals surface area contributed by atoms with E-state index < -0.39 is 34.1 Å². The van der Waals surface area contributed by atoms with E-state index >= 15 is 0 Å². The van der Waals surface area contributed by atoms with E-state index in [-0.39, 0.29) is 4.90 Å². The molecule has 0 aliphatic carbocycles. The number of hydrogen-bond acceptors (Lipinski definition) is 7. The van der Waals surface area contributed by atoms with Gasteiger partial charge in [-0.25, -0.2) is 8.42 Å². The van der Waals surface area contributed by atoms with Crippen LogP contribution in [0.25, 0.3) is 0 Å². The number of sulfonamides is 1. The number of aliphatic hydroxyl groups is 1. The highest BCUT2D eigenvalue weighted by Gasteiger charge is 2.46. The summed E-state index contributed by atoms with van der Waals surface area (Å²) >= 11 is 6.05. The van der Waals surface area contributed by atoms with E-state index in [9.17, 15) is 13.5 Å². The Labute approximate surface area is 198 Å². The second kappa shape index (κ2) is 8.41. The number of hydroxylamine groups is 1. The zero-order valence-corrected chi connectivity index (χ0v) is 20.0. The lowest BCUT2D eigenvalue weighted by Gasteiger charge is -2.42. The normalized spacial score (nSPS) is 26.7. The standard InChI is InChI=1S/C23H27ClN2O6S/c1-23(2)21(27)20(30-22-16-8-6-14(24)12-19(16)32-25-22)17-13-15(7-9-18(17)31-23)33(28,29)26-10-4-3-5-11-26/h6-9,12-13,20-22,25,27H,3-5,10-11H2,1-2H3/t20-,21+,22?/m1/s1. The van der Waals surface area contributed by atoms with E-state index in [0.29, 0.717) is 35.2 Å². The average Bonchev–Trinajstić information content (AvgIpc) is 3.18. The van der Waals surface area contributed by atoms with Crippen molar-refractivity contribution in [2.75, 3.05) is 13.1 Å². The average molecular weight is 495 g/mol. The number of hydrogen-bond donors (Lipinski definition) is 2. The van der Waals surface area contributed by atoms with Gasteiger partial charge in [-0.2, -0.15) is 4.31 Å². The number of benzene rings is 2. The zero-order chi connectivity index (χ0) is 23.4. The molecule has 1 unspecified atom stereocenters. The van der Waals surface area contributed by atoms with E-state index in [2.05, 4.69) is 5.48 Å². The van der Waals surface area contributed by atoms with Crippen molar-refractivity contribution >= 4 is 21.6 Å². The molecular formula is C23H27ClN2O6S. The van der Waals surface area contributed by atoms with Gasteiger partial charge >= 0.3 is 0 Å². The van der Waals surface area contributed by atoms with Crippen LogP contribution in [0.4, 0.5) is 0 Å². The molecular weight excluding hydrogens is 468 g/mol. The fourth-order valence-corrected chi connectivity index (χ4v) is 6.24. The summed E-state index contributed by atoms with van der Waals surface area (Å²) in [6, 6.07) is 9.95. The highest BCUT2D eigenvalue weighted by atomic mass is 35.5. The van der Waals surface area contributed by atoms with Crippen LogP contribution in [-0.2, 0) is 14.8 Å². The van der Waals surface area contributed by atoms with Gasteiger partial charge in [0.05, 0.1) is 4.90 Å². The minimum absolute atomic E-state index is 0.162. The maximum atomic E-state index is 13.3. The van der Waals surface area contributed by atoms with Crippen molar-refractivity contribution in [3.05, 3.63) is 52.5 Å². The van der Waals surface area contributed by atoms with Crippen molar-refractivity contribution in [1.82, 2.24) is 9.79 Å². The van der Waals surface area contributed by atoms with Crippen LogP contribution in [0.1, 0.15) is 56.6 Å². The summed E-state index contributed by atoms with van der Waals surface area (Å²) in [6.45, 7) is 4.55. The molecule has 0 radical (unpaired) electrons. The number of aliphatic hydroxyl groups excluding tert-OH is 1. The first-order valence-electron chi connectivity index (χ1n) is 11.1. The molecule has 3 heterocycles. The zero-order valence-electron chi connectivity index (χ0n) is 18.5. The first-order valence-corrected chi connectivity index (χ1v) is 12.9. The predicted octanol–water partition coefficient (Wildman–Crippen LogP) is 3.70. The van der Waals surface area contributed by atoms with Crippen LogP contribution < -0.4 is 15.1 Å². The van der Waals surface area contributed by atoms with Crippen molar-refractivity contribution < 1.29 is 27.8 Å². The lowest BCUT2D eigenvalue weighted by Crippen LogP contribution is -2.50. The molecule has 0 amide bonds. The summed E-state index contributed by atoms with van der Waals surface area (Å²) in [5.74, 6) is 1.01. The third kappa shape index (κ3) is 4.11. The molecule has 10 heteroatoms. The van der Waals surface area contributed by atoms with E-state index in [0.717, 1.165) is 24.8 Å². The van der Waals surface area contributed by atoms with Crippen molar-refractivity contribution in [1.29, 1.82) is 0 Å². The molecule has 0 spiro atoms. The van der Waals surface area contributed by atoms with Crippen molar-refractivity contribution in [3.63, 3.8) is 0 Å². The van der Waals surface area contributed by atoms with Gasteiger partial charge < -0.3 is 19.4 Å². The van der Waals surface area contributed by atoms with Crippen molar-refractivity contribution in [3.8, 4) is 11.5 Å². The topological polar surface area (TPSA) is 97.3 Å². The highest BCUT2D eigenvalue weighted by Crippen LogP contribution is 2.46. The van der Waals surface area contributed by atoms with E-state index in [1.54, 1.807) is 50.2 Å². The largest absolute Gasteiger partial charge is 0.485 e. The number of halogens is 1. The number of fused-ring (bicyclic) bond motifs is 2. The van der Waals surface area contributed by atoms with Gasteiger partial charge in [-0.15, -0.1) is 5.48 Å². The van der Waals surface area contributed by atoms with Gasteiger partial charge in [0, 0.05) is 35.3 Å². The molecule has 0 saturated carbocycles. The Hall–Kier alpha value is -1.88. The molecule has 0 bridgehead atoms. The van der Waals surface area contributed by atoms with Crippen LogP contribution in [0, 0.1) is 0 Å². The van der Waals surface area contributed by atoms with Gasteiger partial charge in [0.25, 0.3) is 0 Å². The number of nitrogens with one attached hydrogen (secondary N) is 1. The first kappa shape index (κ1) is 22.9. The molecule has 0 aromatic heterocycles. The van der Waals surface area contributed by atoms with Gasteiger partial charge in [0.2, 0.25) is 10.0 Å². The monoisotopic (exact) mass is 494 g/mol. The smallest absolute Gasteiger partial charge is 0.243 e. The third-order valence-corrected chi connectivity index (χ3v) is 8.56. The molecule has 2 N–H and O–H groups in total. The molecule has 3 aliphatic rings. The Kier molecular flexibility index (Phi) is 5.83. The molecule has 1 saturated heterocycles. The van der Waals surface area contributed by atoms with Gasteiger partial charge in [0.15, 0.2) is 12.0 Å². The summed E-state index contributed by atoms with van der Waals surface area (Å²) in [4.78, 5) is 5.65. The van der Waals surface area contributed by atoms with E-state index in [4.69, 9.17) is 25.9 Å². The third-order valence-electron chi connectivity index (χ3n) is 6.43. The Balaban J connectivity index is 1.51. The summed E-state index contributed by atoms with van der Waals surface area (Å²) < 4.78 is 40.4. The van der Waals surface area contributed by atoms with Gasteiger partial charge in [-0.3, -0.25) is 0 Å². The second-order valence-electron chi connectivity index (χ2n) is 9.15. The number of nitrogens with zero attached hydrogens (tertiary/aromatic N) is 1. The highest BCUT2D eigenvalue weighted by molar-refractivity contribution is 7.89. The maximum absolute atomic E-state index is 13.3.